The third-order valence-electron chi connectivity index (χ3n) is 4.01. The Morgan fingerprint density at radius 3 is 2.62 bits per heavy atom. The molecule has 0 saturated heterocycles. The summed E-state index contributed by atoms with van der Waals surface area (Å²) in [6, 6.07) is 10.9. The molecule has 1 fully saturated rings. The lowest BCUT2D eigenvalue weighted by molar-refractivity contribution is 0.142. The fourth-order valence-electron chi connectivity index (χ4n) is 2.92. The highest BCUT2D eigenvalue weighted by Gasteiger charge is 2.37. The third-order valence-corrected chi connectivity index (χ3v) is 4.01. The van der Waals surface area contributed by atoms with E-state index in [2.05, 4.69) is 4.90 Å². The van der Waals surface area contributed by atoms with Crippen molar-refractivity contribution in [3.05, 3.63) is 59.8 Å². The van der Waals surface area contributed by atoms with Gasteiger partial charge in [0.2, 0.25) is 0 Å². The Bertz CT molecular complexity index is 578. The van der Waals surface area contributed by atoms with Crippen LogP contribution in [0, 0.1) is 5.82 Å². The van der Waals surface area contributed by atoms with Gasteiger partial charge in [-0.3, -0.25) is 4.90 Å². The molecule has 1 saturated carbocycles. The molecule has 21 heavy (non-hydrogen) atoms. The number of hydrogen-bond donors (Lipinski definition) is 1. The van der Waals surface area contributed by atoms with Gasteiger partial charge in [-0.15, -0.1) is 0 Å². The first-order valence-electron chi connectivity index (χ1n) is 7.45. The van der Waals surface area contributed by atoms with Gasteiger partial charge in [0.15, 0.2) is 0 Å². The molecule has 1 aliphatic carbocycles. The Balaban J connectivity index is 1.92. The number of furan rings is 1. The zero-order chi connectivity index (χ0) is 14.8. The highest BCUT2D eigenvalue weighted by Crippen LogP contribution is 2.37. The molecule has 0 amide bonds. The summed E-state index contributed by atoms with van der Waals surface area (Å²) in [4.78, 5) is 2.28. The molecule has 0 aliphatic heterocycles. The summed E-state index contributed by atoms with van der Waals surface area (Å²) < 4.78 is 19.7. The van der Waals surface area contributed by atoms with E-state index in [0.29, 0.717) is 18.2 Å². The standard InChI is InChI=1S/C17H21FN2O/c1-12(19)17(15-6-2-3-7-16(15)18)20(13-8-9-13)11-14-5-4-10-21-14/h2-7,10,12-13,17H,8-9,11,19H2,1H3. The molecule has 2 N–H and O–H groups in total. The lowest BCUT2D eigenvalue weighted by Crippen LogP contribution is -2.40. The van der Waals surface area contributed by atoms with Crippen LogP contribution in [0.1, 0.15) is 37.1 Å². The minimum absolute atomic E-state index is 0.135. The van der Waals surface area contributed by atoms with Gasteiger partial charge < -0.3 is 10.2 Å². The fourth-order valence-corrected chi connectivity index (χ4v) is 2.92. The molecule has 0 radical (unpaired) electrons. The number of halogens is 1. The molecule has 2 atom stereocenters. The van der Waals surface area contributed by atoms with Gasteiger partial charge in [0, 0.05) is 17.6 Å². The third kappa shape index (κ3) is 3.17. The number of rotatable bonds is 6. The first-order valence-corrected chi connectivity index (χ1v) is 7.45. The SMILES string of the molecule is CC(N)C(c1ccccc1F)N(Cc1ccco1)C1CC1. The van der Waals surface area contributed by atoms with Crippen LogP contribution in [-0.2, 0) is 6.54 Å². The molecule has 3 rings (SSSR count). The van der Waals surface area contributed by atoms with Gasteiger partial charge in [0.1, 0.15) is 11.6 Å². The largest absolute Gasteiger partial charge is 0.468 e. The lowest BCUT2D eigenvalue weighted by Gasteiger charge is -2.34. The summed E-state index contributed by atoms with van der Waals surface area (Å²) in [7, 11) is 0. The first kappa shape index (κ1) is 14.3. The summed E-state index contributed by atoms with van der Waals surface area (Å²) in [6.07, 6.45) is 3.95. The van der Waals surface area contributed by atoms with Crippen molar-refractivity contribution in [2.75, 3.05) is 0 Å². The Hall–Kier alpha value is -1.65. The molecule has 2 unspecified atom stereocenters. The fraction of sp³-hybridized carbons (Fsp3) is 0.412. The van der Waals surface area contributed by atoms with Gasteiger partial charge in [-0.05, 0) is 38.0 Å². The lowest BCUT2D eigenvalue weighted by atomic mass is 9.98. The van der Waals surface area contributed by atoms with E-state index in [1.165, 1.54) is 6.07 Å². The molecule has 1 aliphatic rings. The van der Waals surface area contributed by atoms with Crippen LogP contribution in [0.15, 0.2) is 47.1 Å². The maximum Gasteiger partial charge on any atom is 0.128 e. The van der Waals surface area contributed by atoms with Crippen LogP contribution in [0.2, 0.25) is 0 Å². The minimum atomic E-state index is -0.190. The van der Waals surface area contributed by atoms with Crippen molar-refractivity contribution in [2.45, 2.75) is 44.4 Å². The highest BCUT2D eigenvalue weighted by atomic mass is 19.1. The molecule has 2 aromatic rings. The minimum Gasteiger partial charge on any atom is -0.468 e. The van der Waals surface area contributed by atoms with Crippen LogP contribution >= 0.6 is 0 Å². The van der Waals surface area contributed by atoms with E-state index in [1.54, 1.807) is 12.3 Å². The van der Waals surface area contributed by atoms with Crippen molar-refractivity contribution >= 4 is 0 Å². The van der Waals surface area contributed by atoms with Gasteiger partial charge in [0.25, 0.3) is 0 Å². The predicted octanol–water partition coefficient (Wildman–Crippen LogP) is 3.47. The second-order valence-corrected chi connectivity index (χ2v) is 5.81. The maximum absolute atomic E-state index is 14.2. The molecule has 1 aromatic heterocycles. The second-order valence-electron chi connectivity index (χ2n) is 5.81. The molecular weight excluding hydrogens is 267 g/mol. The van der Waals surface area contributed by atoms with Crippen LogP contribution in [0.5, 0.6) is 0 Å². The zero-order valence-corrected chi connectivity index (χ0v) is 12.2. The topological polar surface area (TPSA) is 42.4 Å². The number of nitrogens with zero attached hydrogens (tertiary/aromatic N) is 1. The van der Waals surface area contributed by atoms with Crippen LogP contribution in [0.3, 0.4) is 0 Å². The molecule has 4 heteroatoms. The van der Waals surface area contributed by atoms with Crippen LogP contribution < -0.4 is 5.73 Å². The van der Waals surface area contributed by atoms with Crippen molar-refractivity contribution < 1.29 is 8.81 Å². The van der Waals surface area contributed by atoms with E-state index in [4.69, 9.17) is 10.2 Å². The van der Waals surface area contributed by atoms with E-state index >= 15 is 0 Å². The smallest absolute Gasteiger partial charge is 0.128 e. The molecule has 1 heterocycles. The Morgan fingerprint density at radius 1 is 1.29 bits per heavy atom. The Morgan fingerprint density at radius 2 is 2.05 bits per heavy atom. The number of hydrogen-bond acceptors (Lipinski definition) is 3. The van der Waals surface area contributed by atoms with Gasteiger partial charge >= 0.3 is 0 Å². The monoisotopic (exact) mass is 288 g/mol. The number of nitrogens with two attached hydrogens (primary N) is 1. The van der Waals surface area contributed by atoms with Gasteiger partial charge in [-0.1, -0.05) is 18.2 Å². The Kier molecular flexibility index (Phi) is 4.08. The van der Waals surface area contributed by atoms with E-state index < -0.39 is 0 Å². The Labute approximate surface area is 124 Å². The molecule has 0 bridgehead atoms. The second kappa shape index (κ2) is 6.00. The van der Waals surface area contributed by atoms with E-state index in [0.717, 1.165) is 18.6 Å². The van der Waals surface area contributed by atoms with Crippen LogP contribution in [0.4, 0.5) is 4.39 Å². The molecule has 1 aromatic carbocycles. The average molecular weight is 288 g/mol. The van der Waals surface area contributed by atoms with E-state index in [-0.39, 0.29) is 17.9 Å². The van der Waals surface area contributed by atoms with Crippen molar-refractivity contribution in [1.82, 2.24) is 4.90 Å². The van der Waals surface area contributed by atoms with Crippen molar-refractivity contribution in [2.24, 2.45) is 5.73 Å². The van der Waals surface area contributed by atoms with Gasteiger partial charge in [0.05, 0.1) is 18.8 Å². The normalized spacial score (nSPS) is 17.9. The molecule has 0 spiro atoms. The summed E-state index contributed by atoms with van der Waals surface area (Å²) in [6.45, 7) is 2.60. The molecule has 112 valence electrons. The van der Waals surface area contributed by atoms with E-state index in [9.17, 15) is 4.39 Å². The first-order chi connectivity index (χ1) is 10.2. The van der Waals surface area contributed by atoms with Crippen molar-refractivity contribution in [1.29, 1.82) is 0 Å². The van der Waals surface area contributed by atoms with Gasteiger partial charge in [-0.25, -0.2) is 4.39 Å². The molecule has 3 nitrogen and oxygen atoms in total. The van der Waals surface area contributed by atoms with Crippen LogP contribution in [-0.4, -0.2) is 17.0 Å². The van der Waals surface area contributed by atoms with Crippen LogP contribution in [0.25, 0.3) is 0 Å². The summed E-state index contributed by atoms with van der Waals surface area (Å²) in [5.41, 5.74) is 6.87. The number of benzene rings is 1. The summed E-state index contributed by atoms with van der Waals surface area (Å²) >= 11 is 0. The van der Waals surface area contributed by atoms with Gasteiger partial charge in [-0.2, -0.15) is 0 Å². The molecular formula is C17H21FN2O. The van der Waals surface area contributed by atoms with Crippen molar-refractivity contribution in [3.63, 3.8) is 0 Å². The average Bonchev–Trinajstić information content (AvgIpc) is 3.17. The zero-order valence-electron chi connectivity index (χ0n) is 12.2. The quantitative estimate of drug-likeness (QED) is 0.885. The highest BCUT2D eigenvalue weighted by molar-refractivity contribution is 5.23. The summed E-state index contributed by atoms with van der Waals surface area (Å²) in [5, 5.41) is 0. The van der Waals surface area contributed by atoms with E-state index in [1.807, 2.05) is 31.2 Å². The summed E-state index contributed by atoms with van der Waals surface area (Å²) in [5.74, 6) is 0.703. The van der Waals surface area contributed by atoms with Crippen molar-refractivity contribution in [3.8, 4) is 0 Å². The predicted molar refractivity (Wildman–Crippen MR) is 80.1 cm³/mol. The maximum atomic E-state index is 14.2.